The van der Waals surface area contributed by atoms with Gasteiger partial charge in [-0.15, -0.1) is 0 Å². The zero-order valence-corrected chi connectivity index (χ0v) is 12.8. The first-order chi connectivity index (χ1) is 10.7. The van der Waals surface area contributed by atoms with E-state index >= 15 is 0 Å². The second-order valence-corrected chi connectivity index (χ2v) is 5.27. The molecule has 0 atom stereocenters. The maximum absolute atomic E-state index is 12.5. The summed E-state index contributed by atoms with van der Waals surface area (Å²) < 4.78 is 1.76. The van der Waals surface area contributed by atoms with Gasteiger partial charge in [-0.3, -0.25) is 14.2 Å². The van der Waals surface area contributed by atoms with E-state index < -0.39 is 0 Å². The van der Waals surface area contributed by atoms with E-state index in [1.165, 1.54) is 0 Å². The first-order valence-electron chi connectivity index (χ1n) is 7.03. The molecule has 112 valence electrons. The number of carbonyl (C=O) groups is 1. The number of nitrogens with zero attached hydrogens (tertiary/aromatic N) is 3. The number of pyridine rings is 2. The highest BCUT2D eigenvalue weighted by atomic mass is 35.5. The smallest absolute Gasteiger partial charge is 0.270 e. The number of carbonyl (C=O) groups excluding carboxylic acids is 1. The van der Waals surface area contributed by atoms with Crippen LogP contribution >= 0.6 is 11.6 Å². The van der Waals surface area contributed by atoms with Crippen molar-refractivity contribution in [3.05, 3.63) is 64.8 Å². The van der Waals surface area contributed by atoms with Gasteiger partial charge in [-0.2, -0.15) is 0 Å². The van der Waals surface area contributed by atoms with Gasteiger partial charge in [0.15, 0.2) is 0 Å². The van der Waals surface area contributed by atoms with E-state index in [1.54, 1.807) is 28.9 Å². The number of fused-ring (bicyclic) bond motifs is 1. The molecule has 3 rings (SSSR count). The minimum Gasteiger partial charge on any atom is -0.345 e. The molecule has 3 heterocycles. The van der Waals surface area contributed by atoms with Crippen LogP contribution in [0.3, 0.4) is 0 Å². The number of hydrogen-bond acceptors (Lipinski definition) is 3. The van der Waals surface area contributed by atoms with Gasteiger partial charge in [0.1, 0.15) is 11.3 Å². The molecule has 0 saturated heterocycles. The minimum atomic E-state index is -0.169. The lowest BCUT2D eigenvalue weighted by atomic mass is 10.2. The summed E-state index contributed by atoms with van der Waals surface area (Å²) in [6.45, 7) is 2.35. The van der Waals surface area contributed by atoms with Gasteiger partial charge in [0.05, 0.1) is 17.9 Å². The van der Waals surface area contributed by atoms with E-state index in [0.29, 0.717) is 29.3 Å². The van der Waals surface area contributed by atoms with Gasteiger partial charge in [0.2, 0.25) is 0 Å². The van der Waals surface area contributed by atoms with Crippen LogP contribution in [0, 0.1) is 0 Å². The van der Waals surface area contributed by atoms with Crippen LogP contribution in [0.4, 0.5) is 0 Å². The van der Waals surface area contributed by atoms with Gasteiger partial charge in [-0.25, -0.2) is 4.98 Å². The van der Waals surface area contributed by atoms with Crippen molar-refractivity contribution in [2.45, 2.75) is 19.9 Å². The number of amides is 1. The molecule has 0 spiro atoms. The molecule has 0 aliphatic rings. The van der Waals surface area contributed by atoms with Gasteiger partial charge in [0.25, 0.3) is 5.91 Å². The Hall–Kier alpha value is -2.40. The summed E-state index contributed by atoms with van der Waals surface area (Å²) in [7, 11) is 0. The van der Waals surface area contributed by atoms with Crippen molar-refractivity contribution in [1.82, 2.24) is 19.7 Å². The molecule has 6 heteroatoms. The quantitative estimate of drug-likeness (QED) is 0.805. The molecular formula is C16H15ClN4O. The van der Waals surface area contributed by atoms with Crippen molar-refractivity contribution in [3.63, 3.8) is 0 Å². The number of rotatable bonds is 4. The number of aromatic nitrogens is 3. The van der Waals surface area contributed by atoms with Crippen molar-refractivity contribution in [3.8, 4) is 0 Å². The Morgan fingerprint density at radius 2 is 2.23 bits per heavy atom. The predicted octanol–water partition coefficient (Wildman–Crippen LogP) is 2.88. The maximum Gasteiger partial charge on any atom is 0.270 e. The lowest BCUT2D eigenvalue weighted by molar-refractivity contribution is 0.0943. The molecule has 1 amide bonds. The van der Waals surface area contributed by atoms with Crippen LogP contribution in [0.1, 0.15) is 28.8 Å². The number of hydrogen-bond donors (Lipinski definition) is 1. The summed E-state index contributed by atoms with van der Waals surface area (Å²) in [6, 6.07) is 9.09. The first kappa shape index (κ1) is 14.5. The lowest BCUT2D eigenvalue weighted by Crippen LogP contribution is -2.25. The standard InChI is InChI=1S/C16H15ClN4O/c1-2-13-15(21-8-6-11(17)9-14(21)20-13)16(22)19-10-12-5-3-4-7-18-12/h3-9H,2,10H2,1H3,(H,19,22). The van der Waals surface area contributed by atoms with E-state index in [0.717, 1.165) is 11.4 Å². The summed E-state index contributed by atoms with van der Waals surface area (Å²) in [5.74, 6) is -0.169. The third kappa shape index (κ3) is 2.80. The van der Waals surface area contributed by atoms with E-state index in [2.05, 4.69) is 15.3 Å². The summed E-state index contributed by atoms with van der Waals surface area (Å²) in [6.07, 6.45) is 4.14. The van der Waals surface area contributed by atoms with Gasteiger partial charge in [0, 0.05) is 23.5 Å². The van der Waals surface area contributed by atoms with Crippen molar-refractivity contribution >= 4 is 23.2 Å². The Bertz CT molecular complexity index is 814. The van der Waals surface area contributed by atoms with Crippen molar-refractivity contribution in [2.24, 2.45) is 0 Å². The number of aryl methyl sites for hydroxylation is 1. The fourth-order valence-corrected chi connectivity index (χ4v) is 2.47. The molecule has 1 N–H and O–H groups in total. The van der Waals surface area contributed by atoms with Gasteiger partial charge >= 0.3 is 0 Å². The Kier molecular flexibility index (Phi) is 4.06. The predicted molar refractivity (Wildman–Crippen MR) is 85.0 cm³/mol. The van der Waals surface area contributed by atoms with Gasteiger partial charge in [-0.05, 0) is 24.6 Å². The third-order valence-corrected chi connectivity index (χ3v) is 3.60. The molecule has 0 unspecified atom stereocenters. The van der Waals surface area contributed by atoms with Crippen molar-refractivity contribution in [1.29, 1.82) is 0 Å². The van der Waals surface area contributed by atoms with Gasteiger partial charge in [-0.1, -0.05) is 24.6 Å². The third-order valence-electron chi connectivity index (χ3n) is 3.37. The largest absolute Gasteiger partial charge is 0.345 e. The Labute approximate surface area is 133 Å². The zero-order valence-electron chi connectivity index (χ0n) is 12.1. The molecule has 3 aromatic heterocycles. The molecule has 0 fully saturated rings. The monoisotopic (exact) mass is 314 g/mol. The highest BCUT2D eigenvalue weighted by Gasteiger charge is 2.18. The van der Waals surface area contributed by atoms with E-state index in [4.69, 9.17) is 11.6 Å². The average molecular weight is 315 g/mol. The Balaban J connectivity index is 1.89. The highest BCUT2D eigenvalue weighted by molar-refractivity contribution is 6.30. The number of imidazole rings is 1. The maximum atomic E-state index is 12.5. The van der Waals surface area contributed by atoms with Crippen LogP contribution in [-0.4, -0.2) is 20.3 Å². The molecule has 0 aliphatic heterocycles. The SMILES string of the molecule is CCc1nc2cc(Cl)ccn2c1C(=O)NCc1ccccn1. The normalized spacial score (nSPS) is 10.8. The van der Waals surface area contributed by atoms with Crippen molar-refractivity contribution in [2.75, 3.05) is 0 Å². The molecule has 0 saturated carbocycles. The molecule has 3 aromatic rings. The Morgan fingerprint density at radius 1 is 1.36 bits per heavy atom. The number of halogens is 1. The average Bonchev–Trinajstić information content (AvgIpc) is 2.91. The number of nitrogens with one attached hydrogen (secondary N) is 1. The second-order valence-electron chi connectivity index (χ2n) is 4.84. The van der Waals surface area contributed by atoms with E-state index in [9.17, 15) is 4.79 Å². The Morgan fingerprint density at radius 3 is 2.95 bits per heavy atom. The molecule has 0 aliphatic carbocycles. The van der Waals surface area contributed by atoms with Crippen LogP contribution in [-0.2, 0) is 13.0 Å². The second kappa shape index (κ2) is 6.15. The first-order valence-corrected chi connectivity index (χ1v) is 7.41. The molecule has 0 bridgehead atoms. The molecule has 0 radical (unpaired) electrons. The topological polar surface area (TPSA) is 59.3 Å². The summed E-state index contributed by atoms with van der Waals surface area (Å²) in [4.78, 5) is 21.2. The van der Waals surface area contributed by atoms with Crippen LogP contribution in [0.15, 0.2) is 42.7 Å². The van der Waals surface area contributed by atoms with E-state index in [1.807, 2.05) is 25.1 Å². The molecular weight excluding hydrogens is 300 g/mol. The molecule has 22 heavy (non-hydrogen) atoms. The van der Waals surface area contributed by atoms with Crippen LogP contribution in [0.5, 0.6) is 0 Å². The summed E-state index contributed by atoms with van der Waals surface area (Å²) >= 11 is 5.98. The zero-order chi connectivity index (χ0) is 15.5. The minimum absolute atomic E-state index is 0.169. The fourth-order valence-electron chi connectivity index (χ4n) is 2.31. The van der Waals surface area contributed by atoms with Crippen molar-refractivity contribution < 1.29 is 4.79 Å². The van der Waals surface area contributed by atoms with Gasteiger partial charge < -0.3 is 5.32 Å². The molecule has 5 nitrogen and oxygen atoms in total. The summed E-state index contributed by atoms with van der Waals surface area (Å²) in [5.41, 5.74) is 2.78. The van der Waals surface area contributed by atoms with Crippen LogP contribution < -0.4 is 5.32 Å². The summed E-state index contributed by atoms with van der Waals surface area (Å²) in [5, 5.41) is 3.49. The van der Waals surface area contributed by atoms with Crippen LogP contribution in [0.2, 0.25) is 5.02 Å². The highest BCUT2D eigenvalue weighted by Crippen LogP contribution is 2.17. The lowest BCUT2D eigenvalue weighted by Gasteiger charge is -2.06. The van der Waals surface area contributed by atoms with E-state index in [-0.39, 0.29) is 5.91 Å². The van der Waals surface area contributed by atoms with Crippen LogP contribution in [0.25, 0.3) is 5.65 Å². The molecule has 0 aromatic carbocycles. The fraction of sp³-hybridized carbons (Fsp3) is 0.188.